The number of carboxylic acids is 1. The molecule has 2 atom stereocenters. The number of aliphatic carboxylic acids is 1. The summed E-state index contributed by atoms with van der Waals surface area (Å²) in [6.07, 6.45) is 0.581. The van der Waals surface area contributed by atoms with Gasteiger partial charge in [0.05, 0.1) is 0 Å². The Kier molecular flexibility index (Phi) is 5.23. The van der Waals surface area contributed by atoms with E-state index >= 15 is 0 Å². The lowest BCUT2D eigenvalue weighted by atomic mass is 9.96. The average Bonchev–Trinajstić information content (AvgIpc) is 2.28. The SMILES string of the molecule is CNC(C)(CC(C)Sc1cccc(C)c1)C(=O)O. The van der Waals surface area contributed by atoms with Gasteiger partial charge in [0.2, 0.25) is 0 Å². The van der Waals surface area contributed by atoms with Crippen molar-refractivity contribution in [1.82, 2.24) is 5.32 Å². The average molecular weight is 267 g/mol. The van der Waals surface area contributed by atoms with Crippen molar-refractivity contribution in [3.63, 3.8) is 0 Å². The van der Waals surface area contributed by atoms with Gasteiger partial charge in [-0.25, -0.2) is 0 Å². The maximum Gasteiger partial charge on any atom is 0.323 e. The van der Waals surface area contributed by atoms with E-state index in [4.69, 9.17) is 0 Å². The second-order valence-electron chi connectivity index (χ2n) is 4.84. The van der Waals surface area contributed by atoms with E-state index in [1.165, 1.54) is 10.5 Å². The van der Waals surface area contributed by atoms with Crippen LogP contribution in [0.5, 0.6) is 0 Å². The van der Waals surface area contributed by atoms with Crippen LogP contribution in [0.2, 0.25) is 0 Å². The molecule has 0 saturated carbocycles. The van der Waals surface area contributed by atoms with Gasteiger partial charge in [-0.1, -0.05) is 24.6 Å². The van der Waals surface area contributed by atoms with Gasteiger partial charge in [0.15, 0.2) is 0 Å². The first kappa shape index (κ1) is 15.1. The molecule has 0 aliphatic carbocycles. The van der Waals surface area contributed by atoms with Gasteiger partial charge in [-0.05, 0) is 39.4 Å². The summed E-state index contributed by atoms with van der Waals surface area (Å²) < 4.78 is 0. The normalized spacial score (nSPS) is 16.0. The number of benzene rings is 1. The summed E-state index contributed by atoms with van der Waals surface area (Å²) >= 11 is 1.71. The Balaban J connectivity index is 2.66. The third-order valence-electron chi connectivity index (χ3n) is 3.05. The van der Waals surface area contributed by atoms with Crippen molar-refractivity contribution in [2.45, 2.75) is 42.9 Å². The Labute approximate surface area is 113 Å². The third-order valence-corrected chi connectivity index (χ3v) is 4.14. The van der Waals surface area contributed by atoms with E-state index in [0.29, 0.717) is 6.42 Å². The van der Waals surface area contributed by atoms with E-state index in [9.17, 15) is 9.90 Å². The molecule has 0 radical (unpaired) electrons. The summed E-state index contributed by atoms with van der Waals surface area (Å²) in [6.45, 7) is 5.85. The number of nitrogens with one attached hydrogen (secondary N) is 1. The van der Waals surface area contributed by atoms with Gasteiger partial charge in [0.25, 0.3) is 0 Å². The predicted molar refractivity (Wildman–Crippen MR) is 76.2 cm³/mol. The number of rotatable bonds is 6. The Hall–Kier alpha value is -1.00. The van der Waals surface area contributed by atoms with Crippen molar-refractivity contribution in [2.75, 3.05) is 7.05 Å². The Bertz CT molecular complexity index is 422. The largest absolute Gasteiger partial charge is 0.480 e. The van der Waals surface area contributed by atoms with Gasteiger partial charge in [-0.2, -0.15) is 0 Å². The lowest BCUT2D eigenvalue weighted by Gasteiger charge is -2.27. The fraction of sp³-hybridized carbons (Fsp3) is 0.500. The van der Waals surface area contributed by atoms with Crippen molar-refractivity contribution in [3.05, 3.63) is 29.8 Å². The first-order chi connectivity index (χ1) is 8.37. The molecule has 2 N–H and O–H groups in total. The maximum atomic E-state index is 11.2. The summed E-state index contributed by atoms with van der Waals surface area (Å²) in [5.41, 5.74) is 0.359. The van der Waals surface area contributed by atoms with Crippen LogP contribution in [0.4, 0.5) is 0 Å². The summed E-state index contributed by atoms with van der Waals surface area (Å²) in [5.74, 6) is -0.804. The molecule has 3 nitrogen and oxygen atoms in total. The van der Waals surface area contributed by atoms with Crippen LogP contribution in [-0.2, 0) is 4.79 Å². The topological polar surface area (TPSA) is 49.3 Å². The minimum absolute atomic E-state index is 0.236. The second kappa shape index (κ2) is 6.25. The summed E-state index contributed by atoms with van der Waals surface area (Å²) in [7, 11) is 1.69. The zero-order chi connectivity index (χ0) is 13.8. The number of hydrogen-bond acceptors (Lipinski definition) is 3. The third kappa shape index (κ3) is 4.03. The number of aryl methyl sites for hydroxylation is 1. The zero-order valence-electron chi connectivity index (χ0n) is 11.4. The van der Waals surface area contributed by atoms with Crippen LogP contribution in [-0.4, -0.2) is 28.9 Å². The standard InChI is InChI=1S/C14H21NO2S/c1-10-6-5-7-12(8-10)18-11(2)9-14(3,15-4)13(16)17/h5-8,11,15H,9H2,1-4H3,(H,16,17). The number of carboxylic acid groups (broad SMARTS) is 1. The summed E-state index contributed by atoms with van der Waals surface area (Å²) in [6, 6.07) is 8.27. The number of thioether (sulfide) groups is 1. The molecule has 0 aromatic heterocycles. The molecule has 2 unspecified atom stereocenters. The highest BCUT2D eigenvalue weighted by molar-refractivity contribution is 7.99. The molecule has 1 aromatic carbocycles. The fourth-order valence-electron chi connectivity index (χ4n) is 1.83. The highest BCUT2D eigenvalue weighted by Crippen LogP contribution is 2.29. The molecule has 1 aromatic rings. The van der Waals surface area contributed by atoms with E-state index in [-0.39, 0.29) is 5.25 Å². The second-order valence-corrected chi connectivity index (χ2v) is 6.35. The molecule has 1 rings (SSSR count). The molecule has 100 valence electrons. The molecule has 0 fully saturated rings. The molecule has 0 aliphatic heterocycles. The molecule has 0 bridgehead atoms. The lowest BCUT2D eigenvalue weighted by Crippen LogP contribution is -2.49. The van der Waals surface area contributed by atoms with Crippen molar-refractivity contribution < 1.29 is 9.90 Å². The summed E-state index contributed by atoms with van der Waals surface area (Å²) in [4.78, 5) is 12.4. The summed E-state index contributed by atoms with van der Waals surface area (Å²) in [5, 5.41) is 12.3. The first-order valence-corrected chi connectivity index (χ1v) is 6.91. The van der Waals surface area contributed by atoms with Gasteiger partial charge in [0, 0.05) is 10.1 Å². The van der Waals surface area contributed by atoms with Crippen molar-refractivity contribution >= 4 is 17.7 Å². The smallest absolute Gasteiger partial charge is 0.323 e. The Morgan fingerprint density at radius 2 is 2.22 bits per heavy atom. The number of hydrogen-bond donors (Lipinski definition) is 2. The van der Waals surface area contributed by atoms with Crippen LogP contribution >= 0.6 is 11.8 Å². The minimum atomic E-state index is -0.865. The van der Waals surface area contributed by atoms with E-state index in [2.05, 4.69) is 37.4 Å². The molecule has 0 spiro atoms. The van der Waals surface area contributed by atoms with Crippen LogP contribution in [0.15, 0.2) is 29.2 Å². The predicted octanol–water partition coefficient (Wildman–Crippen LogP) is 2.93. The highest BCUT2D eigenvalue weighted by Gasteiger charge is 2.33. The minimum Gasteiger partial charge on any atom is -0.480 e. The lowest BCUT2D eigenvalue weighted by molar-refractivity contribution is -0.144. The van der Waals surface area contributed by atoms with Crippen molar-refractivity contribution in [3.8, 4) is 0 Å². The van der Waals surface area contributed by atoms with E-state index in [1.54, 1.807) is 25.7 Å². The molecule has 0 saturated heterocycles. The quantitative estimate of drug-likeness (QED) is 0.778. The fourth-order valence-corrected chi connectivity index (χ4v) is 3.13. The molecule has 0 aliphatic rings. The van der Waals surface area contributed by atoms with Gasteiger partial charge < -0.3 is 10.4 Å². The van der Waals surface area contributed by atoms with Crippen LogP contribution < -0.4 is 5.32 Å². The molecular formula is C14H21NO2S. The van der Waals surface area contributed by atoms with Gasteiger partial charge in [-0.15, -0.1) is 11.8 Å². The molecule has 4 heteroatoms. The number of carbonyl (C=O) groups is 1. The van der Waals surface area contributed by atoms with Gasteiger partial charge >= 0.3 is 5.97 Å². The number of likely N-dealkylation sites (N-methyl/N-ethyl adjacent to an activating group) is 1. The van der Waals surface area contributed by atoms with E-state index in [1.807, 2.05) is 6.07 Å². The van der Waals surface area contributed by atoms with Crippen LogP contribution in [0.25, 0.3) is 0 Å². The Morgan fingerprint density at radius 3 is 2.72 bits per heavy atom. The Morgan fingerprint density at radius 1 is 1.56 bits per heavy atom. The van der Waals surface area contributed by atoms with E-state index < -0.39 is 11.5 Å². The maximum absolute atomic E-state index is 11.2. The van der Waals surface area contributed by atoms with Crippen molar-refractivity contribution in [2.24, 2.45) is 0 Å². The van der Waals surface area contributed by atoms with Crippen LogP contribution in [0, 0.1) is 6.92 Å². The van der Waals surface area contributed by atoms with Gasteiger partial charge in [-0.3, -0.25) is 4.79 Å². The highest BCUT2D eigenvalue weighted by atomic mass is 32.2. The first-order valence-electron chi connectivity index (χ1n) is 6.03. The van der Waals surface area contributed by atoms with Crippen molar-refractivity contribution in [1.29, 1.82) is 0 Å². The van der Waals surface area contributed by atoms with E-state index in [0.717, 1.165) is 0 Å². The molecule has 0 amide bonds. The molecule has 18 heavy (non-hydrogen) atoms. The van der Waals surface area contributed by atoms with Crippen LogP contribution in [0.3, 0.4) is 0 Å². The molecule has 0 heterocycles. The van der Waals surface area contributed by atoms with Gasteiger partial charge in [0.1, 0.15) is 5.54 Å². The van der Waals surface area contributed by atoms with Crippen LogP contribution in [0.1, 0.15) is 25.8 Å². The molecular weight excluding hydrogens is 246 g/mol. The monoisotopic (exact) mass is 267 g/mol. The zero-order valence-corrected chi connectivity index (χ0v) is 12.2.